The number of hydrogen-bond acceptors (Lipinski definition) is 4. The van der Waals surface area contributed by atoms with E-state index in [-0.39, 0.29) is 10.8 Å². The monoisotopic (exact) mass is 338 g/mol. The third kappa shape index (κ3) is 1.89. The number of methoxy groups -OCH3 is 1. The Morgan fingerprint density at radius 3 is 2.78 bits per heavy atom. The van der Waals surface area contributed by atoms with Gasteiger partial charge >= 0.3 is 0 Å². The molecule has 1 saturated heterocycles. The number of benzene rings is 1. The van der Waals surface area contributed by atoms with Crippen molar-refractivity contribution in [3.8, 4) is 5.75 Å². The molecule has 0 aromatic heterocycles. The molecule has 2 bridgehead atoms. The molecule has 2 saturated carbocycles. The van der Waals surface area contributed by atoms with Crippen LogP contribution < -0.4 is 0 Å². The first-order chi connectivity index (χ1) is 11.0. The number of ether oxygens (including phenoxy) is 1. The lowest BCUT2D eigenvalue weighted by Gasteiger charge is -2.64. The molecule has 3 fully saturated rings. The van der Waals surface area contributed by atoms with Crippen LogP contribution in [0.2, 0.25) is 5.02 Å². The first-order valence-electron chi connectivity index (χ1n) is 8.45. The quantitative estimate of drug-likeness (QED) is 0.812. The van der Waals surface area contributed by atoms with Crippen molar-refractivity contribution in [3.63, 3.8) is 0 Å². The van der Waals surface area contributed by atoms with Crippen molar-refractivity contribution in [2.24, 2.45) is 17.8 Å². The number of fused-ring (bicyclic) bond motifs is 3. The van der Waals surface area contributed by atoms with Gasteiger partial charge in [0.15, 0.2) is 5.60 Å². The van der Waals surface area contributed by atoms with Crippen molar-refractivity contribution >= 4 is 11.6 Å². The average molecular weight is 339 g/mol. The summed E-state index contributed by atoms with van der Waals surface area (Å²) >= 11 is 6.39. The first-order valence-corrected chi connectivity index (χ1v) is 8.83. The summed E-state index contributed by atoms with van der Waals surface area (Å²) in [6, 6.07) is 5.20. The van der Waals surface area contributed by atoms with Crippen molar-refractivity contribution in [1.29, 1.82) is 0 Å². The van der Waals surface area contributed by atoms with Crippen LogP contribution in [0.4, 0.5) is 0 Å². The molecule has 0 amide bonds. The third-order valence-electron chi connectivity index (χ3n) is 6.24. The zero-order chi connectivity index (χ0) is 16.2. The van der Waals surface area contributed by atoms with Crippen LogP contribution in [-0.2, 0) is 20.3 Å². The van der Waals surface area contributed by atoms with E-state index in [9.17, 15) is 5.11 Å². The minimum atomic E-state index is -1.05. The Labute approximate surface area is 141 Å². The number of hydrogen-bond donors (Lipinski definition) is 1. The summed E-state index contributed by atoms with van der Waals surface area (Å²) < 4.78 is 5.91. The molecule has 1 spiro atoms. The van der Waals surface area contributed by atoms with Crippen LogP contribution in [0.25, 0.3) is 0 Å². The molecule has 0 radical (unpaired) electrons. The minimum Gasteiger partial charge on any atom is -0.506 e. The summed E-state index contributed by atoms with van der Waals surface area (Å²) in [5.41, 5.74) is 0.125. The maximum absolute atomic E-state index is 10.0. The second-order valence-corrected chi connectivity index (χ2v) is 7.66. The largest absolute Gasteiger partial charge is 0.506 e. The average Bonchev–Trinajstić information content (AvgIpc) is 2.51. The van der Waals surface area contributed by atoms with Crippen LogP contribution in [0.15, 0.2) is 18.2 Å². The fourth-order valence-electron chi connectivity index (χ4n) is 5.26. The van der Waals surface area contributed by atoms with E-state index in [1.165, 1.54) is 12.8 Å². The van der Waals surface area contributed by atoms with Gasteiger partial charge in [-0.3, -0.25) is 0 Å². The highest BCUT2D eigenvalue weighted by molar-refractivity contribution is 6.32. The molecule has 3 aliphatic rings. The standard InChI is InChI=1S/C18H23ClO4/c1-11-9-12-5-3-6-13(10-12)17(11)18(21-2,23-22-17)14-7-4-8-15(20)16(14)19/h4,7-8,11-13,20H,3,5-6,9-10H2,1-2H3. The van der Waals surface area contributed by atoms with Crippen LogP contribution in [0.5, 0.6) is 5.75 Å². The number of halogens is 1. The first kappa shape index (κ1) is 15.7. The Balaban J connectivity index is 1.84. The molecule has 1 aliphatic heterocycles. The Kier molecular flexibility index (Phi) is 3.65. The molecule has 4 rings (SSSR count). The smallest absolute Gasteiger partial charge is 0.262 e. The van der Waals surface area contributed by atoms with E-state index in [2.05, 4.69) is 6.92 Å². The van der Waals surface area contributed by atoms with Crippen molar-refractivity contribution < 1.29 is 19.6 Å². The van der Waals surface area contributed by atoms with Gasteiger partial charge in [-0.15, -0.1) is 0 Å². The molecule has 23 heavy (non-hydrogen) atoms. The fourth-order valence-corrected chi connectivity index (χ4v) is 5.51. The Morgan fingerprint density at radius 2 is 2.09 bits per heavy atom. The third-order valence-corrected chi connectivity index (χ3v) is 6.64. The molecule has 5 unspecified atom stereocenters. The highest BCUT2D eigenvalue weighted by atomic mass is 35.5. The lowest BCUT2D eigenvalue weighted by Crippen LogP contribution is -2.74. The predicted molar refractivity (Wildman–Crippen MR) is 85.9 cm³/mol. The molecule has 1 aromatic carbocycles. The van der Waals surface area contributed by atoms with Gasteiger partial charge in [-0.25, -0.2) is 4.89 Å². The highest BCUT2D eigenvalue weighted by Gasteiger charge is 2.73. The van der Waals surface area contributed by atoms with E-state index in [4.69, 9.17) is 26.1 Å². The van der Waals surface area contributed by atoms with Gasteiger partial charge in [0.2, 0.25) is 0 Å². The van der Waals surface area contributed by atoms with E-state index < -0.39 is 11.4 Å². The molecule has 1 N–H and O–H groups in total. The van der Waals surface area contributed by atoms with Crippen LogP contribution in [-0.4, -0.2) is 17.8 Å². The van der Waals surface area contributed by atoms with Gasteiger partial charge in [-0.1, -0.05) is 43.5 Å². The van der Waals surface area contributed by atoms with Gasteiger partial charge in [0, 0.05) is 12.7 Å². The Hall–Kier alpha value is -0.810. The Bertz CT molecular complexity index is 615. The molecule has 126 valence electrons. The molecule has 5 heteroatoms. The van der Waals surface area contributed by atoms with Gasteiger partial charge in [0.05, 0.1) is 5.02 Å². The van der Waals surface area contributed by atoms with Crippen molar-refractivity contribution in [2.75, 3.05) is 7.11 Å². The van der Waals surface area contributed by atoms with Crippen molar-refractivity contribution in [2.45, 2.75) is 50.4 Å². The van der Waals surface area contributed by atoms with Gasteiger partial charge in [-0.05, 0) is 43.1 Å². The number of phenols is 1. The van der Waals surface area contributed by atoms with Crippen molar-refractivity contribution in [1.82, 2.24) is 0 Å². The van der Waals surface area contributed by atoms with Gasteiger partial charge < -0.3 is 9.84 Å². The lowest BCUT2D eigenvalue weighted by molar-refractivity contribution is -0.640. The molecular formula is C18H23ClO4. The van der Waals surface area contributed by atoms with Crippen LogP contribution in [0, 0.1) is 17.8 Å². The number of aromatic hydroxyl groups is 1. The molecule has 5 atom stereocenters. The molecule has 1 heterocycles. The normalized spacial score (nSPS) is 42.5. The van der Waals surface area contributed by atoms with Crippen LogP contribution in [0.1, 0.15) is 44.6 Å². The van der Waals surface area contributed by atoms with Crippen LogP contribution >= 0.6 is 11.6 Å². The summed E-state index contributed by atoms with van der Waals surface area (Å²) in [4.78, 5) is 11.5. The molecule has 1 aromatic rings. The second-order valence-electron chi connectivity index (χ2n) is 7.29. The maximum atomic E-state index is 10.0. The van der Waals surface area contributed by atoms with E-state index in [1.54, 1.807) is 19.2 Å². The Morgan fingerprint density at radius 1 is 1.26 bits per heavy atom. The van der Waals surface area contributed by atoms with Crippen LogP contribution in [0.3, 0.4) is 0 Å². The summed E-state index contributed by atoms with van der Waals surface area (Å²) in [6.07, 6.45) is 5.91. The SMILES string of the molecule is COC1(c2cccc(O)c2Cl)OOC12C(C)CC1CCCC2C1. The topological polar surface area (TPSA) is 47.9 Å². The fraction of sp³-hybridized carbons (Fsp3) is 0.667. The van der Waals surface area contributed by atoms with E-state index in [0.29, 0.717) is 17.4 Å². The lowest BCUT2D eigenvalue weighted by atomic mass is 9.55. The predicted octanol–water partition coefficient (Wildman–Crippen LogP) is 4.39. The van der Waals surface area contributed by atoms with E-state index >= 15 is 0 Å². The molecular weight excluding hydrogens is 316 g/mol. The molecule has 4 nitrogen and oxygen atoms in total. The zero-order valence-electron chi connectivity index (χ0n) is 13.5. The minimum absolute atomic E-state index is 0.0382. The maximum Gasteiger partial charge on any atom is 0.262 e. The van der Waals surface area contributed by atoms with Gasteiger partial charge in [-0.2, -0.15) is 4.89 Å². The number of rotatable bonds is 2. The van der Waals surface area contributed by atoms with E-state index in [0.717, 1.165) is 25.2 Å². The summed E-state index contributed by atoms with van der Waals surface area (Å²) in [6.45, 7) is 2.22. The second kappa shape index (κ2) is 5.35. The van der Waals surface area contributed by atoms with Gasteiger partial charge in [0.25, 0.3) is 5.79 Å². The number of phenolic OH excluding ortho intramolecular Hbond substituents is 1. The molecule has 2 aliphatic carbocycles. The van der Waals surface area contributed by atoms with Gasteiger partial charge in [0.1, 0.15) is 5.75 Å². The zero-order valence-corrected chi connectivity index (χ0v) is 14.3. The summed E-state index contributed by atoms with van der Waals surface area (Å²) in [5.74, 6) is 0.453. The van der Waals surface area contributed by atoms with E-state index in [1.807, 2.05) is 6.07 Å². The summed E-state index contributed by atoms with van der Waals surface area (Å²) in [7, 11) is 1.63. The summed E-state index contributed by atoms with van der Waals surface area (Å²) in [5, 5.41) is 10.3. The van der Waals surface area contributed by atoms with Crippen molar-refractivity contribution in [3.05, 3.63) is 28.8 Å². The highest BCUT2D eigenvalue weighted by Crippen LogP contribution is 2.64.